The van der Waals surface area contributed by atoms with Crippen LogP contribution in [0.1, 0.15) is 34.3 Å². The molecule has 2 aromatic heterocycles. The number of piperidine rings is 1. The first-order chi connectivity index (χ1) is 15.0. The number of amides is 1. The Bertz CT molecular complexity index is 1110. The van der Waals surface area contributed by atoms with Gasteiger partial charge < -0.3 is 4.90 Å². The molecule has 31 heavy (non-hydrogen) atoms. The molecule has 0 radical (unpaired) electrons. The molecule has 156 valence electrons. The van der Waals surface area contributed by atoms with Gasteiger partial charge in [-0.3, -0.25) is 14.8 Å². The summed E-state index contributed by atoms with van der Waals surface area (Å²) >= 11 is 0. The Kier molecular flexibility index (Phi) is 5.77. The molecule has 3 heterocycles. The van der Waals surface area contributed by atoms with Crippen molar-refractivity contribution in [1.82, 2.24) is 14.9 Å². The van der Waals surface area contributed by atoms with Crippen molar-refractivity contribution >= 4 is 5.91 Å². The molecule has 0 unspecified atom stereocenters. The molecule has 1 saturated heterocycles. The van der Waals surface area contributed by atoms with Crippen LogP contribution in [0.2, 0.25) is 0 Å². The molecule has 0 atom stereocenters. The topological polar surface area (TPSA) is 69.9 Å². The third-order valence-corrected chi connectivity index (χ3v) is 5.88. The van der Waals surface area contributed by atoms with Gasteiger partial charge in [-0.15, -0.1) is 0 Å². The molecule has 6 heteroatoms. The number of rotatable bonds is 4. The number of carbonyl (C=O) groups excluding carboxylic acids is 1. The van der Waals surface area contributed by atoms with Gasteiger partial charge in [-0.1, -0.05) is 6.07 Å². The van der Waals surface area contributed by atoms with Crippen LogP contribution >= 0.6 is 0 Å². The minimum Gasteiger partial charge on any atom is -0.338 e. The molecule has 5 nitrogen and oxygen atoms in total. The van der Waals surface area contributed by atoms with Gasteiger partial charge in [-0.25, -0.2) is 4.39 Å². The second kappa shape index (κ2) is 8.65. The first-order valence-corrected chi connectivity index (χ1v) is 10.3. The summed E-state index contributed by atoms with van der Waals surface area (Å²) in [5.74, 6) is -0.371. The second-order valence-corrected chi connectivity index (χ2v) is 8.13. The van der Waals surface area contributed by atoms with Gasteiger partial charge in [0.25, 0.3) is 5.91 Å². The van der Waals surface area contributed by atoms with E-state index in [0.29, 0.717) is 43.6 Å². The largest absolute Gasteiger partial charge is 0.338 e. The Balaban J connectivity index is 1.51. The van der Waals surface area contributed by atoms with Crippen LogP contribution in [0.5, 0.6) is 0 Å². The quantitative estimate of drug-likeness (QED) is 0.627. The van der Waals surface area contributed by atoms with Crippen LogP contribution in [-0.2, 0) is 6.42 Å². The van der Waals surface area contributed by atoms with E-state index in [1.807, 2.05) is 25.1 Å². The van der Waals surface area contributed by atoms with Crippen molar-refractivity contribution in [1.29, 1.82) is 5.26 Å². The molecule has 1 fully saturated rings. The number of benzene rings is 1. The lowest BCUT2D eigenvalue weighted by Crippen LogP contribution is -2.43. The minimum atomic E-state index is -0.597. The molecule has 0 aliphatic carbocycles. The number of pyridine rings is 2. The van der Waals surface area contributed by atoms with Gasteiger partial charge in [-0.05, 0) is 73.7 Å². The summed E-state index contributed by atoms with van der Waals surface area (Å²) in [6, 6.07) is 14.6. The molecule has 1 aliphatic rings. The normalized spacial score (nSPS) is 15.3. The van der Waals surface area contributed by atoms with Crippen LogP contribution in [-0.4, -0.2) is 33.9 Å². The van der Waals surface area contributed by atoms with Crippen LogP contribution in [0.4, 0.5) is 4.39 Å². The second-order valence-electron chi connectivity index (χ2n) is 8.13. The molecule has 0 saturated carbocycles. The van der Waals surface area contributed by atoms with E-state index in [2.05, 4.69) is 16.0 Å². The number of aromatic nitrogens is 2. The van der Waals surface area contributed by atoms with E-state index in [4.69, 9.17) is 0 Å². The first kappa shape index (κ1) is 20.7. The molecule has 0 spiro atoms. The average Bonchev–Trinajstić information content (AvgIpc) is 2.79. The lowest BCUT2D eigenvalue weighted by molar-refractivity contribution is 0.0647. The standard InChI is InChI=1S/C25H23FN4O/c1-18-13-19(15-21(26)14-18)16-25(17-27)6-11-30(12-7-25)24(31)22-3-2-8-29-23(22)20-4-9-28-10-5-20/h2-5,8-10,13-15H,6-7,11-12,16H2,1H3. The fourth-order valence-corrected chi connectivity index (χ4v) is 4.26. The zero-order chi connectivity index (χ0) is 21.8. The van der Waals surface area contributed by atoms with E-state index in [1.165, 1.54) is 12.1 Å². The summed E-state index contributed by atoms with van der Waals surface area (Å²) in [6.07, 6.45) is 6.61. The van der Waals surface area contributed by atoms with E-state index in [0.717, 1.165) is 16.7 Å². The predicted molar refractivity (Wildman–Crippen MR) is 115 cm³/mol. The number of halogens is 1. The number of aryl methyl sites for hydroxylation is 1. The molecule has 0 bridgehead atoms. The lowest BCUT2D eigenvalue weighted by Gasteiger charge is -2.37. The number of carbonyl (C=O) groups is 1. The molecule has 1 amide bonds. The highest BCUT2D eigenvalue weighted by atomic mass is 19.1. The molecule has 1 aromatic carbocycles. The highest BCUT2D eigenvalue weighted by Gasteiger charge is 2.37. The van der Waals surface area contributed by atoms with E-state index in [1.54, 1.807) is 35.6 Å². The zero-order valence-electron chi connectivity index (χ0n) is 17.4. The zero-order valence-corrected chi connectivity index (χ0v) is 17.4. The summed E-state index contributed by atoms with van der Waals surface area (Å²) in [5, 5.41) is 9.91. The summed E-state index contributed by atoms with van der Waals surface area (Å²) in [7, 11) is 0. The molecular weight excluding hydrogens is 391 g/mol. The average molecular weight is 414 g/mol. The summed E-state index contributed by atoms with van der Waals surface area (Å²) < 4.78 is 13.8. The van der Waals surface area contributed by atoms with Crippen molar-refractivity contribution in [2.75, 3.05) is 13.1 Å². The summed E-state index contributed by atoms with van der Waals surface area (Å²) in [6.45, 7) is 2.80. The monoisotopic (exact) mass is 414 g/mol. The number of hydrogen-bond donors (Lipinski definition) is 0. The van der Waals surface area contributed by atoms with Crippen molar-refractivity contribution in [3.05, 3.63) is 83.6 Å². The maximum Gasteiger partial charge on any atom is 0.256 e. The van der Waals surface area contributed by atoms with Gasteiger partial charge in [0.2, 0.25) is 0 Å². The minimum absolute atomic E-state index is 0.0898. The third kappa shape index (κ3) is 4.46. The highest BCUT2D eigenvalue weighted by Crippen LogP contribution is 2.36. The van der Waals surface area contributed by atoms with Crippen molar-refractivity contribution in [3.63, 3.8) is 0 Å². The number of nitriles is 1. The Morgan fingerprint density at radius 2 is 1.90 bits per heavy atom. The lowest BCUT2D eigenvalue weighted by atomic mass is 9.75. The van der Waals surface area contributed by atoms with Crippen molar-refractivity contribution < 1.29 is 9.18 Å². The van der Waals surface area contributed by atoms with Gasteiger partial charge in [-0.2, -0.15) is 5.26 Å². The van der Waals surface area contributed by atoms with Gasteiger partial charge in [0, 0.05) is 37.2 Å². The number of likely N-dealkylation sites (tertiary alicyclic amines) is 1. The van der Waals surface area contributed by atoms with Gasteiger partial charge >= 0.3 is 0 Å². The highest BCUT2D eigenvalue weighted by molar-refractivity contribution is 5.99. The van der Waals surface area contributed by atoms with Crippen molar-refractivity contribution in [3.8, 4) is 17.3 Å². The Morgan fingerprint density at radius 1 is 1.16 bits per heavy atom. The maximum atomic E-state index is 13.8. The third-order valence-electron chi connectivity index (χ3n) is 5.88. The van der Waals surface area contributed by atoms with Crippen LogP contribution in [0, 0.1) is 29.5 Å². The Hall–Kier alpha value is -3.59. The SMILES string of the molecule is Cc1cc(F)cc(CC2(C#N)CCN(C(=O)c3cccnc3-c3ccncc3)CC2)c1. The summed E-state index contributed by atoms with van der Waals surface area (Å²) in [4.78, 5) is 23.5. The van der Waals surface area contributed by atoms with E-state index < -0.39 is 5.41 Å². The predicted octanol–water partition coefficient (Wildman–Crippen LogP) is 4.58. The van der Waals surface area contributed by atoms with E-state index in [-0.39, 0.29) is 11.7 Å². The van der Waals surface area contributed by atoms with Crippen molar-refractivity contribution in [2.24, 2.45) is 5.41 Å². The first-order valence-electron chi connectivity index (χ1n) is 10.3. The molecule has 1 aliphatic heterocycles. The smallest absolute Gasteiger partial charge is 0.256 e. The molecule has 3 aromatic rings. The van der Waals surface area contributed by atoms with Crippen LogP contribution < -0.4 is 0 Å². The number of hydrogen-bond acceptors (Lipinski definition) is 4. The molecule has 4 rings (SSSR count). The maximum absolute atomic E-state index is 13.8. The molecule has 0 N–H and O–H groups in total. The van der Waals surface area contributed by atoms with Crippen LogP contribution in [0.3, 0.4) is 0 Å². The van der Waals surface area contributed by atoms with E-state index >= 15 is 0 Å². The van der Waals surface area contributed by atoms with Crippen LogP contribution in [0.15, 0.2) is 61.1 Å². The van der Waals surface area contributed by atoms with E-state index in [9.17, 15) is 14.4 Å². The Labute approximate surface area is 181 Å². The summed E-state index contributed by atoms with van der Waals surface area (Å²) in [5.41, 5.74) is 3.08. The van der Waals surface area contributed by atoms with Gasteiger partial charge in [0.15, 0.2) is 0 Å². The fourth-order valence-electron chi connectivity index (χ4n) is 4.26. The molecular formula is C25H23FN4O. The van der Waals surface area contributed by atoms with Gasteiger partial charge in [0.1, 0.15) is 5.82 Å². The van der Waals surface area contributed by atoms with Crippen molar-refractivity contribution in [2.45, 2.75) is 26.2 Å². The van der Waals surface area contributed by atoms with Crippen LogP contribution in [0.25, 0.3) is 11.3 Å². The van der Waals surface area contributed by atoms with Gasteiger partial charge in [0.05, 0.1) is 22.7 Å². The number of nitrogens with zero attached hydrogens (tertiary/aromatic N) is 4. The Morgan fingerprint density at radius 3 is 2.58 bits per heavy atom. The fraction of sp³-hybridized carbons (Fsp3) is 0.280.